The van der Waals surface area contributed by atoms with Gasteiger partial charge in [0.05, 0.1) is 30.2 Å². The highest BCUT2D eigenvalue weighted by Crippen LogP contribution is 2.26. The van der Waals surface area contributed by atoms with Gasteiger partial charge in [-0.1, -0.05) is 12.1 Å². The fraction of sp³-hybridized carbons (Fsp3) is 0.222. The summed E-state index contributed by atoms with van der Waals surface area (Å²) in [5.41, 5.74) is 3.33. The summed E-state index contributed by atoms with van der Waals surface area (Å²) >= 11 is 0. The van der Waals surface area contributed by atoms with Crippen molar-refractivity contribution in [1.82, 2.24) is 15.0 Å². The summed E-state index contributed by atoms with van der Waals surface area (Å²) in [6, 6.07) is 9.47. The number of anilines is 2. The first-order valence-electron chi connectivity index (χ1n) is 8.11. The highest BCUT2D eigenvalue weighted by Gasteiger charge is 2.16. The summed E-state index contributed by atoms with van der Waals surface area (Å²) in [5, 5.41) is 2.98. The van der Waals surface area contributed by atoms with Crippen LogP contribution in [0, 0.1) is 0 Å². The van der Waals surface area contributed by atoms with Crippen LogP contribution in [-0.4, -0.2) is 47.2 Å². The first-order chi connectivity index (χ1) is 12.3. The van der Waals surface area contributed by atoms with E-state index in [1.807, 2.05) is 24.3 Å². The van der Waals surface area contributed by atoms with Gasteiger partial charge < -0.3 is 15.0 Å². The molecule has 4 rings (SSSR count). The standard InChI is InChI=1S/C18H17N5O2/c24-18(13-11-15-17(21-12-13)20-6-5-19-15)22-14-3-1-2-4-16(14)23-7-9-25-10-8-23/h1-6,11-12H,7-10H2,(H,22,24). The normalized spacial score (nSPS) is 14.5. The lowest BCUT2D eigenvalue weighted by Gasteiger charge is -2.30. The molecule has 0 saturated carbocycles. The molecule has 1 aliphatic heterocycles. The Balaban J connectivity index is 1.59. The van der Waals surface area contributed by atoms with Crippen LogP contribution in [0.5, 0.6) is 0 Å². The number of benzene rings is 1. The molecule has 0 bridgehead atoms. The maximum atomic E-state index is 12.7. The van der Waals surface area contributed by atoms with E-state index in [1.54, 1.807) is 18.5 Å². The second-order valence-corrected chi connectivity index (χ2v) is 5.69. The van der Waals surface area contributed by atoms with Gasteiger partial charge in [-0.15, -0.1) is 0 Å². The molecule has 1 aliphatic rings. The summed E-state index contributed by atoms with van der Waals surface area (Å²) in [6.45, 7) is 2.99. The topological polar surface area (TPSA) is 80.2 Å². The number of morpholine rings is 1. The summed E-state index contributed by atoms with van der Waals surface area (Å²) in [5.74, 6) is -0.222. The quantitative estimate of drug-likeness (QED) is 0.790. The van der Waals surface area contributed by atoms with Crippen LogP contribution < -0.4 is 10.2 Å². The SMILES string of the molecule is O=C(Nc1ccccc1N1CCOCC1)c1cnc2nccnc2c1. The van der Waals surface area contributed by atoms with Crippen LogP contribution in [0.3, 0.4) is 0 Å². The van der Waals surface area contributed by atoms with E-state index in [-0.39, 0.29) is 5.91 Å². The Morgan fingerprint density at radius 2 is 1.88 bits per heavy atom. The molecule has 0 aliphatic carbocycles. The van der Waals surface area contributed by atoms with Gasteiger partial charge in [0.1, 0.15) is 5.52 Å². The number of hydrogen-bond acceptors (Lipinski definition) is 6. The molecule has 7 heteroatoms. The number of ether oxygens (including phenoxy) is 1. The van der Waals surface area contributed by atoms with E-state index in [0.717, 1.165) is 24.5 Å². The van der Waals surface area contributed by atoms with Crippen LogP contribution >= 0.6 is 0 Å². The van der Waals surface area contributed by atoms with E-state index >= 15 is 0 Å². The number of fused-ring (bicyclic) bond motifs is 1. The number of pyridine rings is 1. The number of rotatable bonds is 3. The summed E-state index contributed by atoms with van der Waals surface area (Å²) in [6.07, 6.45) is 4.68. The number of aromatic nitrogens is 3. The molecule has 1 aromatic carbocycles. The summed E-state index contributed by atoms with van der Waals surface area (Å²) in [4.78, 5) is 27.4. The zero-order valence-corrected chi connectivity index (χ0v) is 13.6. The fourth-order valence-electron chi connectivity index (χ4n) is 2.84. The molecule has 1 N–H and O–H groups in total. The molecule has 1 amide bonds. The third-order valence-corrected chi connectivity index (χ3v) is 4.09. The molecule has 1 saturated heterocycles. The zero-order chi connectivity index (χ0) is 17.1. The molecule has 2 aromatic heterocycles. The van der Waals surface area contributed by atoms with Crippen LogP contribution in [0.15, 0.2) is 48.9 Å². The number of para-hydroxylation sites is 2. The predicted octanol–water partition coefficient (Wildman–Crippen LogP) is 2.11. The maximum Gasteiger partial charge on any atom is 0.257 e. The molecule has 0 unspecified atom stereocenters. The molecule has 25 heavy (non-hydrogen) atoms. The van der Waals surface area contributed by atoms with Crippen LogP contribution in [0.4, 0.5) is 11.4 Å². The van der Waals surface area contributed by atoms with Crippen molar-refractivity contribution in [2.45, 2.75) is 0 Å². The Labute approximate surface area is 144 Å². The lowest BCUT2D eigenvalue weighted by atomic mass is 10.2. The van der Waals surface area contributed by atoms with E-state index in [4.69, 9.17) is 4.74 Å². The summed E-state index contributed by atoms with van der Waals surface area (Å²) < 4.78 is 5.40. The number of amides is 1. The maximum absolute atomic E-state index is 12.7. The highest BCUT2D eigenvalue weighted by atomic mass is 16.5. The van der Waals surface area contributed by atoms with Gasteiger partial charge in [-0.2, -0.15) is 0 Å². The number of nitrogens with zero attached hydrogens (tertiary/aromatic N) is 4. The number of nitrogens with one attached hydrogen (secondary N) is 1. The molecule has 126 valence electrons. The zero-order valence-electron chi connectivity index (χ0n) is 13.6. The van der Waals surface area contributed by atoms with Gasteiger partial charge in [-0.25, -0.2) is 9.97 Å². The first kappa shape index (κ1) is 15.5. The van der Waals surface area contributed by atoms with Gasteiger partial charge in [0, 0.05) is 31.7 Å². The smallest absolute Gasteiger partial charge is 0.257 e. The van der Waals surface area contributed by atoms with E-state index < -0.39 is 0 Å². The van der Waals surface area contributed by atoms with Crippen molar-refractivity contribution in [1.29, 1.82) is 0 Å². The molecular formula is C18H17N5O2. The second kappa shape index (κ2) is 6.82. The molecule has 0 spiro atoms. The van der Waals surface area contributed by atoms with E-state index in [9.17, 15) is 4.79 Å². The van der Waals surface area contributed by atoms with Crippen LogP contribution in [0.1, 0.15) is 10.4 Å². The van der Waals surface area contributed by atoms with Crippen molar-refractivity contribution in [3.8, 4) is 0 Å². The van der Waals surface area contributed by atoms with Crippen molar-refractivity contribution in [3.63, 3.8) is 0 Å². The molecule has 3 heterocycles. The van der Waals surface area contributed by atoms with E-state index in [2.05, 4.69) is 25.2 Å². The minimum atomic E-state index is -0.222. The van der Waals surface area contributed by atoms with Crippen molar-refractivity contribution in [2.24, 2.45) is 0 Å². The highest BCUT2D eigenvalue weighted by molar-refractivity contribution is 6.06. The van der Waals surface area contributed by atoms with Crippen molar-refractivity contribution in [3.05, 3.63) is 54.5 Å². The third kappa shape index (κ3) is 3.27. The van der Waals surface area contributed by atoms with E-state index in [1.165, 1.54) is 6.20 Å². The Hall–Kier alpha value is -3.06. The van der Waals surface area contributed by atoms with Crippen molar-refractivity contribution in [2.75, 3.05) is 36.5 Å². The average molecular weight is 335 g/mol. The summed E-state index contributed by atoms with van der Waals surface area (Å²) in [7, 11) is 0. The number of carbonyl (C=O) groups excluding carboxylic acids is 1. The minimum absolute atomic E-state index is 0.222. The van der Waals surface area contributed by atoms with Crippen molar-refractivity contribution >= 4 is 28.4 Å². The Kier molecular flexibility index (Phi) is 4.22. The fourth-order valence-corrected chi connectivity index (χ4v) is 2.84. The van der Waals surface area contributed by atoms with Crippen LogP contribution in [0.2, 0.25) is 0 Å². The lowest BCUT2D eigenvalue weighted by molar-refractivity contribution is 0.102. The molecular weight excluding hydrogens is 318 g/mol. The second-order valence-electron chi connectivity index (χ2n) is 5.69. The van der Waals surface area contributed by atoms with E-state index in [0.29, 0.717) is 29.9 Å². The number of hydrogen-bond donors (Lipinski definition) is 1. The van der Waals surface area contributed by atoms with Gasteiger partial charge in [0.25, 0.3) is 5.91 Å². The first-order valence-corrected chi connectivity index (χ1v) is 8.11. The third-order valence-electron chi connectivity index (χ3n) is 4.09. The van der Waals surface area contributed by atoms with Gasteiger partial charge in [0.2, 0.25) is 0 Å². The molecule has 3 aromatic rings. The predicted molar refractivity (Wildman–Crippen MR) is 94.8 cm³/mol. The van der Waals surface area contributed by atoms with Crippen LogP contribution in [0.25, 0.3) is 11.2 Å². The largest absolute Gasteiger partial charge is 0.378 e. The Morgan fingerprint density at radius 1 is 1.08 bits per heavy atom. The molecule has 7 nitrogen and oxygen atoms in total. The Morgan fingerprint density at radius 3 is 2.76 bits per heavy atom. The van der Waals surface area contributed by atoms with Crippen molar-refractivity contribution < 1.29 is 9.53 Å². The van der Waals surface area contributed by atoms with Gasteiger partial charge in [-0.3, -0.25) is 9.78 Å². The lowest BCUT2D eigenvalue weighted by Crippen LogP contribution is -2.36. The monoisotopic (exact) mass is 335 g/mol. The van der Waals surface area contributed by atoms with Gasteiger partial charge in [0.15, 0.2) is 5.65 Å². The molecule has 0 radical (unpaired) electrons. The average Bonchev–Trinajstić information content (AvgIpc) is 2.68. The number of carbonyl (C=O) groups is 1. The molecule has 0 atom stereocenters. The van der Waals surface area contributed by atoms with Gasteiger partial charge in [-0.05, 0) is 18.2 Å². The Bertz CT molecular complexity index is 909. The minimum Gasteiger partial charge on any atom is -0.378 e. The van der Waals surface area contributed by atoms with Crippen LogP contribution in [-0.2, 0) is 4.74 Å². The molecule has 1 fully saturated rings. The van der Waals surface area contributed by atoms with Gasteiger partial charge >= 0.3 is 0 Å².